The zero-order chi connectivity index (χ0) is 10.1. The minimum absolute atomic E-state index is 0. The van der Waals surface area contributed by atoms with Crippen LogP contribution in [0.3, 0.4) is 0 Å². The maximum Gasteiger partial charge on any atom is 0 e. The average Bonchev–Trinajstić information content (AvgIpc) is 2.01. The Morgan fingerprint density at radius 3 is 2.31 bits per heavy atom. The summed E-state index contributed by atoms with van der Waals surface area (Å²) < 4.78 is 0. The van der Waals surface area contributed by atoms with Gasteiger partial charge in [-0.1, -0.05) is 13.8 Å². The maximum atomic E-state index is 3.47. The summed E-state index contributed by atoms with van der Waals surface area (Å²) in [5.41, 5.74) is 0. The molecule has 13 heavy (non-hydrogen) atoms. The van der Waals surface area contributed by atoms with Gasteiger partial charge in [0.15, 0.2) is 0 Å². The second-order valence-corrected chi connectivity index (χ2v) is 4.44. The first-order chi connectivity index (χ1) is 6.13. The summed E-state index contributed by atoms with van der Waals surface area (Å²) in [7, 11) is 4.25. The number of nitrogens with one attached hydrogen (secondary N) is 1. The van der Waals surface area contributed by atoms with E-state index in [1.165, 1.54) is 32.4 Å². The van der Waals surface area contributed by atoms with Crippen molar-refractivity contribution in [1.29, 1.82) is 0 Å². The molecular weight excluding hydrogens is 160 g/mol. The van der Waals surface area contributed by atoms with Crippen molar-refractivity contribution in [3.63, 3.8) is 0 Å². The normalized spacial score (nSPS) is 11.5. The summed E-state index contributed by atoms with van der Waals surface area (Å²) in [6.45, 7) is 8.11. The molecule has 0 aromatic carbocycles. The van der Waals surface area contributed by atoms with Crippen molar-refractivity contribution in [2.24, 2.45) is 5.92 Å². The molecule has 0 aliphatic heterocycles. The van der Waals surface area contributed by atoms with Gasteiger partial charge in [-0.15, -0.1) is 0 Å². The molecule has 2 heteroatoms. The van der Waals surface area contributed by atoms with Crippen LogP contribution in [0.1, 0.15) is 34.5 Å². The Hall–Kier alpha value is -0.0800. The maximum absolute atomic E-state index is 3.47. The van der Waals surface area contributed by atoms with Crippen LogP contribution in [0.15, 0.2) is 0 Å². The zero-order valence-corrected chi connectivity index (χ0v) is 9.77. The van der Waals surface area contributed by atoms with E-state index < -0.39 is 0 Å². The van der Waals surface area contributed by atoms with Crippen LogP contribution in [0.2, 0.25) is 0 Å². The molecule has 0 unspecified atom stereocenters. The quantitative estimate of drug-likeness (QED) is 0.588. The van der Waals surface area contributed by atoms with Crippen molar-refractivity contribution in [3.8, 4) is 0 Å². The molecule has 0 atom stereocenters. The van der Waals surface area contributed by atoms with Gasteiger partial charge in [0.05, 0.1) is 0 Å². The van der Waals surface area contributed by atoms with Crippen LogP contribution >= 0.6 is 0 Å². The molecule has 0 saturated carbocycles. The van der Waals surface area contributed by atoms with Crippen molar-refractivity contribution in [2.75, 3.05) is 33.7 Å². The molecule has 0 amide bonds. The first-order valence-electron chi connectivity index (χ1n) is 5.48. The largest absolute Gasteiger partial charge is 0.317 e. The van der Waals surface area contributed by atoms with Gasteiger partial charge in [-0.25, -0.2) is 0 Å². The second-order valence-electron chi connectivity index (χ2n) is 4.44. The Balaban J connectivity index is 0. The van der Waals surface area contributed by atoms with Gasteiger partial charge in [0, 0.05) is 1.43 Å². The summed E-state index contributed by atoms with van der Waals surface area (Å²) in [6.07, 6.45) is 3.93. The highest BCUT2D eigenvalue weighted by molar-refractivity contribution is 4.52. The third-order valence-corrected chi connectivity index (χ3v) is 2.09. The molecule has 0 heterocycles. The van der Waals surface area contributed by atoms with Crippen LogP contribution in [-0.2, 0) is 0 Å². The smallest absolute Gasteiger partial charge is 0 e. The van der Waals surface area contributed by atoms with Crippen LogP contribution in [0.4, 0.5) is 0 Å². The molecule has 0 aromatic rings. The molecule has 0 bridgehead atoms. The lowest BCUT2D eigenvalue weighted by atomic mass is 10.1. The van der Waals surface area contributed by atoms with Crippen LogP contribution in [-0.4, -0.2) is 38.6 Å². The highest BCUT2D eigenvalue weighted by atomic mass is 15.0. The SMILES string of the molecule is CC(C)CCCNCCCN(C)C.[HH]. The van der Waals surface area contributed by atoms with Gasteiger partial charge < -0.3 is 10.2 Å². The van der Waals surface area contributed by atoms with Gasteiger partial charge in [-0.2, -0.15) is 0 Å². The molecule has 0 rings (SSSR count). The van der Waals surface area contributed by atoms with E-state index in [2.05, 4.69) is 38.2 Å². The van der Waals surface area contributed by atoms with Gasteiger partial charge in [0.2, 0.25) is 0 Å². The van der Waals surface area contributed by atoms with E-state index in [1.807, 2.05) is 0 Å². The predicted molar refractivity (Wildman–Crippen MR) is 62.2 cm³/mol. The molecule has 2 nitrogen and oxygen atoms in total. The molecule has 0 aliphatic carbocycles. The Morgan fingerprint density at radius 1 is 1.15 bits per heavy atom. The lowest BCUT2D eigenvalue weighted by Crippen LogP contribution is -2.22. The summed E-state index contributed by atoms with van der Waals surface area (Å²) in [6, 6.07) is 0. The fraction of sp³-hybridized carbons (Fsp3) is 1.00. The van der Waals surface area contributed by atoms with Crippen LogP contribution in [0, 0.1) is 5.92 Å². The van der Waals surface area contributed by atoms with Crippen LogP contribution in [0.25, 0.3) is 0 Å². The minimum Gasteiger partial charge on any atom is -0.317 e. The van der Waals surface area contributed by atoms with E-state index in [0.717, 1.165) is 12.5 Å². The van der Waals surface area contributed by atoms with Gasteiger partial charge in [-0.3, -0.25) is 0 Å². The van der Waals surface area contributed by atoms with E-state index in [-0.39, 0.29) is 1.43 Å². The molecule has 0 fully saturated rings. The van der Waals surface area contributed by atoms with E-state index in [9.17, 15) is 0 Å². The number of hydrogen-bond acceptors (Lipinski definition) is 2. The Bertz CT molecular complexity index is 93.5. The highest BCUT2D eigenvalue weighted by Gasteiger charge is 1.93. The molecular formula is C11H28N2. The third-order valence-electron chi connectivity index (χ3n) is 2.09. The topological polar surface area (TPSA) is 15.3 Å². The first-order valence-corrected chi connectivity index (χ1v) is 5.48. The third kappa shape index (κ3) is 11.9. The average molecular weight is 188 g/mol. The summed E-state index contributed by atoms with van der Waals surface area (Å²) >= 11 is 0. The zero-order valence-electron chi connectivity index (χ0n) is 9.77. The predicted octanol–water partition coefficient (Wildman–Crippen LogP) is 2.21. The lowest BCUT2D eigenvalue weighted by Gasteiger charge is -2.10. The number of nitrogens with zero attached hydrogens (tertiary/aromatic N) is 1. The van der Waals surface area contributed by atoms with E-state index >= 15 is 0 Å². The van der Waals surface area contributed by atoms with Crippen LogP contribution in [0.5, 0.6) is 0 Å². The lowest BCUT2D eigenvalue weighted by molar-refractivity contribution is 0.393. The Kier molecular flexibility index (Phi) is 8.46. The standard InChI is InChI=1S/C11H26N2.H2/c1-11(2)7-5-8-12-9-6-10-13(3)4;/h11-12H,5-10H2,1-4H3;1H. The molecule has 0 aromatic heterocycles. The van der Waals surface area contributed by atoms with Crippen molar-refractivity contribution >= 4 is 0 Å². The van der Waals surface area contributed by atoms with Gasteiger partial charge in [0.1, 0.15) is 0 Å². The fourth-order valence-electron chi connectivity index (χ4n) is 1.28. The van der Waals surface area contributed by atoms with Gasteiger partial charge in [-0.05, 0) is 58.9 Å². The summed E-state index contributed by atoms with van der Waals surface area (Å²) in [4.78, 5) is 2.23. The van der Waals surface area contributed by atoms with Crippen molar-refractivity contribution < 1.29 is 1.43 Å². The Morgan fingerprint density at radius 2 is 1.77 bits per heavy atom. The second kappa shape index (κ2) is 8.52. The first kappa shape index (κ1) is 12.9. The van der Waals surface area contributed by atoms with Crippen molar-refractivity contribution in [2.45, 2.75) is 33.1 Å². The fourth-order valence-corrected chi connectivity index (χ4v) is 1.28. The van der Waals surface area contributed by atoms with E-state index in [1.54, 1.807) is 0 Å². The molecule has 0 aliphatic rings. The summed E-state index contributed by atoms with van der Waals surface area (Å²) in [5, 5.41) is 3.47. The monoisotopic (exact) mass is 188 g/mol. The Labute approximate surface area is 85.2 Å². The molecule has 82 valence electrons. The van der Waals surface area contributed by atoms with Crippen molar-refractivity contribution in [3.05, 3.63) is 0 Å². The van der Waals surface area contributed by atoms with E-state index in [4.69, 9.17) is 0 Å². The number of rotatable bonds is 8. The van der Waals surface area contributed by atoms with E-state index in [0.29, 0.717) is 0 Å². The molecule has 0 radical (unpaired) electrons. The van der Waals surface area contributed by atoms with Crippen molar-refractivity contribution in [1.82, 2.24) is 10.2 Å². The minimum atomic E-state index is 0. The summed E-state index contributed by atoms with van der Waals surface area (Å²) in [5.74, 6) is 0.851. The number of hydrogen-bond donors (Lipinski definition) is 1. The molecule has 0 spiro atoms. The molecule has 1 N–H and O–H groups in total. The molecule has 0 saturated heterocycles. The van der Waals surface area contributed by atoms with Gasteiger partial charge in [0.25, 0.3) is 0 Å². The highest BCUT2D eigenvalue weighted by Crippen LogP contribution is 2.01. The van der Waals surface area contributed by atoms with Gasteiger partial charge >= 0.3 is 0 Å². The van der Waals surface area contributed by atoms with Crippen LogP contribution < -0.4 is 5.32 Å².